The lowest BCUT2D eigenvalue weighted by atomic mass is 10.2. The van der Waals surface area contributed by atoms with E-state index >= 15 is 0 Å². The number of hydrogen-bond acceptors (Lipinski definition) is 4. The van der Waals surface area contributed by atoms with E-state index in [1.807, 2.05) is 55.6 Å². The van der Waals surface area contributed by atoms with Gasteiger partial charge in [-0.15, -0.1) is 0 Å². The molecule has 0 unspecified atom stereocenters. The Bertz CT molecular complexity index is 867. The summed E-state index contributed by atoms with van der Waals surface area (Å²) in [5.41, 5.74) is 4.32. The second kappa shape index (κ2) is 7.35. The molecule has 1 heterocycles. The minimum absolute atomic E-state index is 0.295. The average Bonchev–Trinajstić information content (AvgIpc) is 3.13. The number of carbonyl (C=O) groups excluding carboxylic acids is 2. The van der Waals surface area contributed by atoms with Crippen molar-refractivity contribution in [2.45, 2.75) is 0 Å². The van der Waals surface area contributed by atoms with Crippen LogP contribution in [0.15, 0.2) is 60.7 Å². The molecule has 1 amide bonds. The first-order valence-corrected chi connectivity index (χ1v) is 7.78. The molecule has 6 heteroatoms. The van der Waals surface area contributed by atoms with Crippen molar-refractivity contribution in [3.05, 3.63) is 72.1 Å². The molecule has 0 aliphatic heterocycles. The summed E-state index contributed by atoms with van der Waals surface area (Å²) >= 11 is 0. The molecule has 0 atom stereocenters. The zero-order valence-corrected chi connectivity index (χ0v) is 13.7. The molecule has 3 rings (SSSR count). The predicted octanol–water partition coefficient (Wildman–Crippen LogP) is 3.86. The van der Waals surface area contributed by atoms with Gasteiger partial charge in [0.05, 0.1) is 5.69 Å². The number of carbonyl (C=O) groups is 2. The Kier molecular flexibility index (Phi) is 4.80. The number of benzene rings is 2. The summed E-state index contributed by atoms with van der Waals surface area (Å²) in [5.74, 6) is -0.295. The third kappa shape index (κ3) is 4.06. The highest BCUT2D eigenvalue weighted by Crippen LogP contribution is 2.20. The fourth-order valence-electron chi connectivity index (χ4n) is 2.34. The highest BCUT2D eigenvalue weighted by Gasteiger charge is 2.08. The van der Waals surface area contributed by atoms with E-state index < -0.39 is 0 Å². The van der Waals surface area contributed by atoms with Crippen LogP contribution in [0.3, 0.4) is 0 Å². The van der Waals surface area contributed by atoms with Crippen LogP contribution in [0.4, 0.5) is 22.7 Å². The molecule has 3 aromatic rings. The van der Waals surface area contributed by atoms with Crippen LogP contribution in [0, 0.1) is 0 Å². The minimum atomic E-state index is -0.295. The van der Waals surface area contributed by atoms with Crippen molar-refractivity contribution < 1.29 is 9.59 Å². The monoisotopic (exact) mass is 334 g/mol. The van der Waals surface area contributed by atoms with Gasteiger partial charge < -0.3 is 20.9 Å². The van der Waals surface area contributed by atoms with Crippen LogP contribution in [-0.2, 0) is 0 Å². The third-order valence-electron chi connectivity index (χ3n) is 3.69. The molecule has 0 fully saturated rings. The molecule has 0 saturated heterocycles. The molecule has 0 spiro atoms. The largest absolute Gasteiger partial charge is 0.388 e. The normalized spacial score (nSPS) is 10.1. The molecule has 0 aliphatic carbocycles. The summed E-state index contributed by atoms with van der Waals surface area (Å²) in [7, 11) is 1.88. The van der Waals surface area contributed by atoms with Gasteiger partial charge in [0.1, 0.15) is 5.69 Å². The number of aromatic amines is 1. The lowest BCUT2D eigenvalue weighted by molar-refractivity contribution is 0.102. The molecule has 2 aromatic carbocycles. The quantitative estimate of drug-likeness (QED) is 0.516. The zero-order chi connectivity index (χ0) is 17.6. The van der Waals surface area contributed by atoms with Gasteiger partial charge >= 0.3 is 0 Å². The molecular formula is C19H18N4O2. The van der Waals surface area contributed by atoms with Gasteiger partial charge in [0.15, 0.2) is 6.29 Å². The first-order valence-electron chi connectivity index (χ1n) is 7.78. The van der Waals surface area contributed by atoms with Crippen LogP contribution in [0.1, 0.15) is 21.0 Å². The van der Waals surface area contributed by atoms with Crippen LogP contribution < -0.4 is 16.0 Å². The van der Waals surface area contributed by atoms with Crippen LogP contribution in [-0.4, -0.2) is 24.2 Å². The average molecular weight is 334 g/mol. The molecule has 126 valence electrons. The second-order valence-corrected chi connectivity index (χ2v) is 5.43. The standard InChI is InChI=1S/C19H18N4O2/c1-20-13-2-4-14(5-3-13)21-15-6-8-16(9-7-15)23-19(25)18-11-10-17(12-24)22-18/h2-12,20-22H,1H3,(H,23,25). The van der Waals surface area contributed by atoms with Gasteiger partial charge in [-0.05, 0) is 60.7 Å². The maximum Gasteiger partial charge on any atom is 0.272 e. The predicted molar refractivity (Wildman–Crippen MR) is 99.8 cm³/mol. The number of amides is 1. The Labute approximate surface area is 145 Å². The van der Waals surface area contributed by atoms with Crippen molar-refractivity contribution in [2.75, 3.05) is 23.0 Å². The smallest absolute Gasteiger partial charge is 0.272 e. The number of anilines is 4. The summed E-state index contributed by atoms with van der Waals surface area (Å²) in [6.07, 6.45) is 0.667. The van der Waals surface area contributed by atoms with Gasteiger partial charge in [0.25, 0.3) is 5.91 Å². The van der Waals surface area contributed by atoms with Crippen LogP contribution in [0.5, 0.6) is 0 Å². The Balaban J connectivity index is 1.63. The number of hydrogen-bond donors (Lipinski definition) is 4. The lowest BCUT2D eigenvalue weighted by Crippen LogP contribution is -2.12. The Morgan fingerprint density at radius 2 is 1.40 bits per heavy atom. The summed E-state index contributed by atoms with van der Waals surface area (Å²) < 4.78 is 0. The van der Waals surface area contributed by atoms with Crippen molar-refractivity contribution >= 4 is 34.9 Å². The highest BCUT2D eigenvalue weighted by molar-refractivity contribution is 6.03. The molecule has 25 heavy (non-hydrogen) atoms. The van der Waals surface area contributed by atoms with E-state index in [2.05, 4.69) is 20.9 Å². The van der Waals surface area contributed by atoms with Gasteiger partial charge in [-0.2, -0.15) is 0 Å². The van der Waals surface area contributed by atoms with Crippen molar-refractivity contribution in [1.29, 1.82) is 0 Å². The molecular weight excluding hydrogens is 316 g/mol. The van der Waals surface area contributed by atoms with E-state index in [0.29, 0.717) is 23.4 Å². The molecule has 0 aliphatic rings. The van der Waals surface area contributed by atoms with Crippen LogP contribution >= 0.6 is 0 Å². The third-order valence-corrected chi connectivity index (χ3v) is 3.69. The summed E-state index contributed by atoms with van der Waals surface area (Å²) in [6, 6.07) is 18.5. The van der Waals surface area contributed by atoms with E-state index in [-0.39, 0.29) is 5.91 Å². The fourth-order valence-corrected chi connectivity index (χ4v) is 2.34. The maximum atomic E-state index is 12.1. The van der Waals surface area contributed by atoms with Crippen molar-refractivity contribution in [3.8, 4) is 0 Å². The Morgan fingerprint density at radius 1 is 0.840 bits per heavy atom. The van der Waals surface area contributed by atoms with Gasteiger partial charge in [0, 0.05) is 29.8 Å². The van der Waals surface area contributed by atoms with Crippen molar-refractivity contribution in [1.82, 2.24) is 4.98 Å². The number of aromatic nitrogens is 1. The number of rotatable bonds is 6. The van der Waals surface area contributed by atoms with E-state index in [1.54, 1.807) is 12.1 Å². The first-order chi connectivity index (χ1) is 12.2. The summed E-state index contributed by atoms with van der Waals surface area (Å²) in [5, 5.41) is 9.15. The minimum Gasteiger partial charge on any atom is -0.388 e. The van der Waals surface area contributed by atoms with Gasteiger partial charge in [0.2, 0.25) is 0 Å². The summed E-state index contributed by atoms with van der Waals surface area (Å²) in [6.45, 7) is 0. The molecule has 0 radical (unpaired) electrons. The Morgan fingerprint density at radius 3 is 1.92 bits per heavy atom. The molecule has 1 aromatic heterocycles. The van der Waals surface area contributed by atoms with E-state index in [9.17, 15) is 9.59 Å². The lowest BCUT2D eigenvalue weighted by Gasteiger charge is -2.09. The first kappa shape index (κ1) is 16.3. The van der Waals surface area contributed by atoms with Gasteiger partial charge in [-0.1, -0.05) is 0 Å². The number of aldehydes is 1. The summed E-state index contributed by atoms with van der Waals surface area (Å²) in [4.78, 5) is 25.5. The molecule has 0 saturated carbocycles. The molecule has 0 bridgehead atoms. The zero-order valence-electron chi connectivity index (χ0n) is 13.7. The van der Waals surface area contributed by atoms with Gasteiger partial charge in [-0.25, -0.2) is 0 Å². The number of nitrogens with one attached hydrogen (secondary N) is 4. The second-order valence-electron chi connectivity index (χ2n) is 5.43. The van der Waals surface area contributed by atoms with Gasteiger partial charge in [-0.3, -0.25) is 9.59 Å². The molecule has 6 nitrogen and oxygen atoms in total. The van der Waals surface area contributed by atoms with E-state index in [4.69, 9.17) is 0 Å². The topological polar surface area (TPSA) is 86.0 Å². The van der Waals surface area contributed by atoms with Crippen molar-refractivity contribution in [3.63, 3.8) is 0 Å². The highest BCUT2D eigenvalue weighted by atomic mass is 16.2. The Hall–Kier alpha value is -3.54. The SMILES string of the molecule is CNc1ccc(Nc2ccc(NC(=O)c3ccc(C=O)[nH]3)cc2)cc1. The maximum absolute atomic E-state index is 12.1. The van der Waals surface area contributed by atoms with Crippen LogP contribution in [0.25, 0.3) is 0 Å². The number of H-pyrrole nitrogens is 1. The van der Waals surface area contributed by atoms with Crippen molar-refractivity contribution in [2.24, 2.45) is 0 Å². The van der Waals surface area contributed by atoms with Crippen LogP contribution in [0.2, 0.25) is 0 Å². The van der Waals surface area contributed by atoms with E-state index in [0.717, 1.165) is 17.1 Å². The molecule has 4 N–H and O–H groups in total. The van der Waals surface area contributed by atoms with E-state index in [1.165, 1.54) is 0 Å². The fraction of sp³-hybridized carbons (Fsp3) is 0.0526.